The van der Waals surface area contributed by atoms with Gasteiger partial charge in [-0.15, -0.1) is 0 Å². The van der Waals surface area contributed by atoms with E-state index in [-0.39, 0.29) is 0 Å². The number of hydrogen-bond acceptors (Lipinski definition) is 1. The molecule has 0 heterocycles. The Morgan fingerprint density at radius 3 is 1.50 bits per heavy atom. The molecule has 0 aliphatic rings. The highest BCUT2D eigenvalue weighted by Gasteiger charge is 1.92. The number of aldehydes is 1. The van der Waals surface area contributed by atoms with Crippen LogP contribution in [0.4, 0.5) is 0 Å². The van der Waals surface area contributed by atoms with E-state index < -0.39 is 0 Å². The molecule has 18 heavy (non-hydrogen) atoms. The third-order valence-electron chi connectivity index (χ3n) is 3.35. The minimum absolute atomic E-state index is 0.756. The molecule has 0 rings (SSSR count). The van der Waals surface area contributed by atoms with Gasteiger partial charge in [0, 0.05) is 6.42 Å². The minimum Gasteiger partial charge on any atom is -0.303 e. The molecule has 1 nitrogen and oxygen atoms in total. The van der Waals surface area contributed by atoms with Crippen LogP contribution >= 0.6 is 0 Å². The highest BCUT2D eigenvalue weighted by Crippen LogP contribution is 2.11. The molecule has 0 bridgehead atoms. The lowest BCUT2D eigenvalue weighted by Crippen LogP contribution is -1.82. The molecule has 0 aliphatic carbocycles. The Hall–Kier alpha value is -0.590. The maximum atomic E-state index is 10.1. The van der Waals surface area contributed by atoms with Gasteiger partial charge in [-0.05, 0) is 25.7 Å². The topological polar surface area (TPSA) is 17.1 Å². The first-order valence-electron chi connectivity index (χ1n) is 8.00. The van der Waals surface area contributed by atoms with E-state index in [2.05, 4.69) is 19.1 Å². The monoisotopic (exact) mass is 252 g/mol. The van der Waals surface area contributed by atoms with Crippen LogP contribution in [0.25, 0.3) is 0 Å². The van der Waals surface area contributed by atoms with Gasteiger partial charge in [-0.25, -0.2) is 0 Å². The van der Waals surface area contributed by atoms with Gasteiger partial charge in [0.05, 0.1) is 0 Å². The maximum absolute atomic E-state index is 10.1. The summed E-state index contributed by atoms with van der Waals surface area (Å²) in [5.74, 6) is 0. The Bertz CT molecular complexity index is 184. The average molecular weight is 252 g/mol. The van der Waals surface area contributed by atoms with Gasteiger partial charge >= 0.3 is 0 Å². The lowest BCUT2D eigenvalue weighted by atomic mass is 10.1. The zero-order valence-corrected chi connectivity index (χ0v) is 12.3. The predicted molar refractivity (Wildman–Crippen MR) is 80.9 cm³/mol. The number of rotatable bonds is 14. The fourth-order valence-electron chi connectivity index (χ4n) is 2.19. The number of carbonyl (C=O) groups is 1. The van der Waals surface area contributed by atoms with Crippen LogP contribution < -0.4 is 0 Å². The van der Waals surface area contributed by atoms with E-state index in [0.29, 0.717) is 0 Å². The van der Waals surface area contributed by atoms with Gasteiger partial charge in [-0.1, -0.05) is 70.4 Å². The summed E-state index contributed by atoms with van der Waals surface area (Å²) in [4.78, 5) is 10.1. The van der Waals surface area contributed by atoms with Crippen molar-refractivity contribution in [3.63, 3.8) is 0 Å². The Morgan fingerprint density at radius 2 is 1.06 bits per heavy atom. The summed E-state index contributed by atoms with van der Waals surface area (Å²) in [7, 11) is 0. The van der Waals surface area contributed by atoms with Crippen LogP contribution in [0.15, 0.2) is 12.2 Å². The van der Waals surface area contributed by atoms with Gasteiger partial charge in [0.15, 0.2) is 0 Å². The van der Waals surface area contributed by atoms with Crippen molar-refractivity contribution in [2.24, 2.45) is 0 Å². The molecule has 1 heteroatoms. The molecule has 0 aromatic heterocycles. The first-order chi connectivity index (χ1) is 8.91. The number of unbranched alkanes of at least 4 members (excludes halogenated alkanes) is 11. The molecule has 0 radical (unpaired) electrons. The van der Waals surface area contributed by atoms with Crippen LogP contribution in [0.1, 0.15) is 90.4 Å². The maximum Gasteiger partial charge on any atom is 0.119 e. The molecule has 0 saturated carbocycles. The minimum atomic E-state index is 0.756. The van der Waals surface area contributed by atoms with Crippen molar-refractivity contribution in [3.05, 3.63) is 12.2 Å². The van der Waals surface area contributed by atoms with Crippen LogP contribution in [0.2, 0.25) is 0 Å². The van der Waals surface area contributed by atoms with E-state index in [4.69, 9.17) is 0 Å². The predicted octanol–water partition coefficient (Wildman–Crippen LogP) is 5.83. The third kappa shape index (κ3) is 15.4. The van der Waals surface area contributed by atoms with Gasteiger partial charge in [0.25, 0.3) is 0 Å². The zero-order valence-electron chi connectivity index (χ0n) is 12.3. The molecule has 0 atom stereocenters. The van der Waals surface area contributed by atoms with Crippen LogP contribution in [0.3, 0.4) is 0 Å². The summed E-state index contributed by atoms with van der Waals surface area (Å²) in [6, 6.07) is 0. The highest BCUT2D eigenvalue weighted by atomic mass is 16.1. The van der Waals surface area contributed by atoms with E-state index >= 15 is 0 Å². The average Bonchev–Trinajstić information content (AvgIpc) is 2.39. The van der Waals surface area contributed by atoms with Crippen molar-refractivity contribution in [2.45, 2.75) is 90.4 Å². The Morgan fingerprint density at radius 1 is 0.611 bits per heavy atom. The second-order valence-electron chi connectivity index (χ2n) is 5.16. The number of allylic oxidation sites excluding steroid dienone is 2. The lowest BCUT2D eigenvalue weighted by Gasteiger charge is -2.01. The van der Waals surface area contributed by atoms with E-state index in [1.807, 2.05) is 0 Å². The largest absolute Gasteiger partial charge is 0.303 e. The van der Waals surface area contributed by atoms with Gasteiger partial charge in [0.2, 0.25) is 0 Å². The van der Waals surface area contributed by atoms with Crippen molar-refractivity contribution < 1.29 is 4.79 Å². The Labute approximate surface area is 114 Å². The van der Waals surface area contributed by atoms with E-state index in [1.54, 1.807) is 0 Å². The van der Waals surface area contributed by atoms with E-state index in [9.17, 15) is 4.79 Å². The number of hydrogen-bond donors (Lipinski definition) is 0. The standard InChI is InChI=1S/C17H32O/c1-2-3-4-5-6-7-8-9-10-11-12-13-14-15-16-17-18/h3-4,17H,2,5-16H2,1H3/b4-3+. The summed E-state index contributed by atoms with van der Waals surface area (Å²) in [6.07, 6.45) is 22.2. The van der Waals surface area contributed by atoms with Crippen LogP contribution in [0.5, 0.6) is 0 Å². The molecule has 0 saturated heterocycles. The molecule has 0 amide bonds. The van der Waals surface area contributed by atoms with E-state index in [1.165, 1.54) is 70.6 Å². The summed E-state index contributed by atoms with van der Waals surface area (Å²) < 4.78 is 0. The summed E-state index contributed by atoms with van der Waals surface area (Å²) >= 11 is 0. The second kappa shape index (κ2) is 16.4. The Kier molecular flexibility index (Phi) is 15.9. The molecule has 0 fully saturated rings. The fraction of sp³-hybridized carbons (Fsp3) is 0.824. The molecule has 0 unspecified atom stereocenters. The fourth-order valence-corrected chi connectivity index (χ4v) is 2.19. The molecule has 0 aromatic rings. The van der Waals surface area contributed by atoms with Crippen LogP contribution in [0, 0.1) is 0 Å². The molecule has 0 aromatic carbocycles. The Balaban J connectivity index is 2.94. The van der Waals surface area contributed by atoms with Gasteiger partial charge in [0.1, 0.15) is 6.29 Å². The SMILES string of the molecule is CC/C=C/CCCCCCCCCCCCC=O. The number of carbonyl (C=O) groups excluding carboxylic acids is 1. The molecule has 0 aliphatic heterocycles. The van der Waals surface area contributed by atoms with Crippen molar-refractivity contribution in [1.82, 2.24) is 0 Å². The van der Waals surface area contributed by atoms with Gasteiger partial charge < -0.3 is 4.79 Å². The first kappa shape index (κ1) is 17.4. The molecule has 0 spiro atoms. The van der Waals surface area contributed by atoms with Crippen molar-refractivity contribution in [1.29, 1.82) is 0 Å². The van der Waals surface area contributed by atoms with Crippen LogP contribution in [-0.4, -0.2) is 6.29 Å². The van der Waals surface area contributed by atoms with Crippen LogP contribution in [-0.2, 0) is 4.79 Å². The van der Waals surface area contributed by atoms with E-state index in [0.717, 1.165) is 19.1 Å². The smallest absolute Gasteiger partial charge is 0.119 e. The van der Waals surface area contributed by atoms with Crippen molar-refractivity contribution >= 4 is 6.29 Å². The lowest BCUT2D eigenvalue weighted by molar-refractivity contribution is -0.107. The zero-order chi connectivity index (χ0) is 13.3. The second-order valence-corrected chi connectivity index (χ2v) is 5.16. The summed E-state index contributed by atoms with van der Waals surface area (Å²) in [5.41, 5.74) is 0. The van der Waals surface area contributed by atoms with Gasteiger partial charge in [-0.2, -0.15) is 0 Å². The summed E-state index contributed by atoms with van der Waals surface area (Å²) in [6.45, 7) is 2.19. The van der Waals surface area contributed by atoms with Crippen molar-refractivity contribution in [3.8, 4) is 0 Å². The highest BCUT2D eigenvalue weighted by molar-refractivity contribution is 5.48. The molecular formula is C17H32O. The first-order valence-corrected chi connectivity index (χ1v) is 8.00. The van der Waals surface area contributed by atoms with Gasteiger partial charge in [-0.3, -0.25) is 0 Å². The summed E-state index contributed by atoms with van der Waals surface area (Å²) in [5, 5.41) is 0. The normalized spacial score (nSPS) is 11.2. The molecular weight excluding hydrogens is 220 g/mol. The molecule has 106 valence electrons. The third-order valence-corrected chi connectivity index (χ3v) is 3.35. The quantitative estimate of drug-likeness (QED) is 0.216. The van der Waals surface area contributed by atoms with Crippen molar-refractivity contribution in [2.75, 3.05) is 0 Å². The molecule has 0 N–H and O–H groups in total.